The Hall–Kier alpha value is -1.08. The number of ether oxygens (including phenoxy) is 1. The lowest BCUT2D eigenvalue weighted by atomic mass is 9.98. The van der Waals surface area contributed by atoms with Crippen LogP contribution in [0.1, 0.15) is 19.8 Å². The van der Waals surface area contributed by atoms with Gasteiger partial charge < -0.3 is 9.64 Å². The molecule has 78 valence electrons. The van der Waals surface area contributed by atoms with Crippen LogP contribution < -0.4 is 0 Å². The molecule has 1 unspecified atom stereocenters. The van der Waals surface area contributed by atoms with Crippen LogP contribution in [0.25, 0.3) is 0 Å². The Labute approximate surface area is 84.4 Å². The molecule has 1 heterocycles. The predicted molar refractivity (Wildman–Crippen MR) is 51.4 cm³/mol. The van der Waals surface area contributed by atoms with E-state index >= 15 is 0 Å². The number of carbonyl (C=O) groups is 1. The van der Waals surface area contributed by atoms with Crippen molar-refractivity contribution in [2.75, 3.05) is 26.3 Å². The van der Waals surface area contributed by atoms with Crippen molar-refractivity contribution in [2.45, 2.75) is 19.8 Å². The van der Waals surface area contributed by atoms with E-state index in [2.05, 4.69) is 6.07 Å². The maximum atomic E-state index is 11.5. The van der Waals surface area contributed by atoms with Crippen LogP contribution in [0.2, 0.25) is 0 Å². The van der Waals surface area contributed by atoms with E-state index in [1.807, 2.05) is 6.92 Å². The van der Waals surface area contributed by atoms with E-state index in [1.165, 1.54) is 0 Å². The summed E-state index contributed by atoms with van der Waals surface area (Å²) in [6.07, 6.45) is 1.18. The van der Waals surface area contributed by atoms with Crippen molar-refractivity contribution in [3.05, 3.63) is 0 Å². The predicted octanol–water partition coefficient (Wildman–Crippen LogP) is 0.785. The minimum absolute atomic E-state index is 0.0779. The van der Waals surface area contributed by atoms with Crippen molar-refractivity contribution < 1.29 is 9.53 Å². The molecule has 0 spiro atoms. The first-order chi connectivity index (χ1) is 6.77. The summed E-state index contributed by atoms with van der Waals surface area (Å²) in [5.41, 5.74) is 0. The molecule has 0 saturated carbocycles. The van der Waals surface area contributed by atoms with Crippen LogP contribution in [-0.2, 0) is 9.53 Å². The van der Waals surface area contributed by atoms with Crippen molar-refractivity contribution in [1.29, 1.82) is 5.26 Å². The monoisotopic (exact) mass is 196 g/mol. The summed E-state index contributed by atoms with van der Waals surface area (Å²) < 4.78 is 5.18. The minimum atomic E-state index is -0.0779. The largest absolute Gasteiger partial charge is 0.380 e. The van der Waals surface area contributed by atoms with Gasteiger partial charge in [-0.3, -0.25) is 4.79 Å². The molecular formula is C10H16N2O2. The molecule has 0 aromatic rings. The average Bonchev–Trinajstić information content (AvgIpc) is 2.20. The Balaban J connectivity index is 2.28. The molecule has 1 saturated heterocycles. The highest BCUT2D eigenvalue weighted by Gasteiger charge is 2.24. The summed E-state index contributed by atoms with van der Waals surface area (Å²) in [4.78, 5) is 13.3. The summed E-state index contributed by atoms with van der Waals surface area (Å²) >= 11 is 0. The second-order valence-corrected chi connectivity index (χ2v) is 3.40. The molecule has 1 atom stereocenters. The molecule has 0 aliphatic carbocycles. The standard InChI is InChI=1S/C10H16N2O2/c1-2-14-6-5-12-4-3-9(8-11)7-10(12)13/h9H,2-7H2,1H3. The van der Waals surface area contributed by atoms with Gasteiger partial charge in [0.1, 0.15) is 0 Å². The first-order valence-electron chi connectivity index (χ1n) is 5.03. The number of rotatable bonds is 4. The lowest BCUT2D eigenvalue weighted by molar-refractivity contribution is -0.135. The number of hydrogen-bond acceptors (Lipinski definition) is 3. The van der Waals surface area contributed by atoms with Gasteiger partial charge in [0.25, 0.3) is 0 Å². The van der Waals surface area contributed by atoms with Gasteiger partial charge >= 0.3 is 0 Å². The third-order valence-corrected chi connectivity index (χ3v) is 2.41. The molecule has 1 amide bonds. The molecule has 1 rings (SSSR count). The fourth-order valence-electron chi connectivity index (χ4n) is 1.54. The van der Waals surface area contributed by atoms with E-state index in [0.717, 1.165) is 6.42 Å². The SMILES string of the molecule is CCOCCN1CCC(C#N)CC1=O. The maximum absolute atomic E-state index is 11.5. The molecule has 4 nitrogen and oxygen atoms in total. The molecule has 0 aromatic heterocycles. The lowest BCUT2D eigenvalue weighted by Crippen LogP contribution is -2.40. The summed E-state index contributed by atoms with van der Waals surface area (Å²) in [6, 6.07) is 2.14. The normalized spacial score (nSPS) is 22.1. The average molecular weight is 196 g/mol. The van der Waals surface area contributed by atoms with Crippen molar-refractivity contribution in [1.82, 2.24) is 4.90 Å². The molecule has 1 aliphatic heterocycles. The van der Waals surface area contributed by atoms with Crippen molar-refractivity contribution in [3.8, 4) is 6.07 Å². The van der Waals surface area contributed by atoms with Crippen LogP contribution in [0.15, 0.2) is 0 Å². The zero-order valence-electron chi connectivity index (χ0n) is 8.53. The first-order valence-corrected chi connectivity index (χ1v) is 5.03. The van der Waals surface area contributed by atoms with Gasteiger partial charge in [-0.15, -0.1) is 0 Å². The van der Waals surface area contributed by atoms with E-state index in [4.69, 9.17) is 10.00 Å². The van der Waals surface area contributed by atoms with Crippen LogP contribution in [0, 0.1) is 17.2 Å². The van der Waals surface area contributed by atoms with Crippen LogP contribution in [0.3, 0.4) is 0 Å². The Morgan fingerprint density at radius 3 is 3.07 bits per heavy atom. The third kappa shape index (κ3) is 3.00. The van der Waals surface area contributed by atoms with Gasteiger partial charge in [-0.05, 0) is 13.3 Å². The second-order valence-electron chi connectivity index (χ2n) is 3.40. The fourth-order valence-corrected chi connectivity index (χ4v) is 1.54. The van der Waals surface area contributed by atoms with Gasteiger partial charge in [0.15, 0.2) is 0 Å². The van der Waals surface area contributed by atoms with Crippen molar-refractivity contribution in [3.63, 3.8) is 0 Å². The molecule has 1 fully saturated rings. The molecule has 0 N–H and O–H groups in total. The summed E-state index contributed by atoms with van der Waals surface area (Å²) in [6.45, 7) is 4.57. The highest BCUT2D eigenvalue weighted by Crippen LogP contribution is 2.16. The lowest BCUT2D eigenvalue weighted by Gasteiger charge is -2.28. The number of hydrogen-bond donors (Lipinski definition) is 0. The molecule has 4 heteroatoms. The van der Waals surface area contributed by atoms with Crippen LogP contribution in [0.4, 0.5) is 0 Å². The van der Waals surface area contributed by atoms with Gasteiger partial charge in [-0.1, -0.05) is 0 Å². The molecule has 0 radical (unpaired) electrons. The maximum Gasteiger partial charge on any atom is 0.223 e. The number of carbonyl (C=O) groups excluding carboxylic acids is 1. The molecule has 0 aromatic carbocycles. The number of nitriles is 1. The Morgan fingerprint density at radius 1 is 1.71 bits per heavy atom. The van der Waals surface area contributed by atoms with Gasteiger partial charge in [0.05, 0.1) is 18.6 Å². The number of piperidine rings is 1. The smallest absolute Gasteiger partial charge is 0.223 e. The van der Waals surface area contributed by atoms with Gasteiger partial charge in [0.2, 0.25) is 5.91 Å². The van der Waals surface area contributed by atoms with Crippen LogP contribution in [-0.4, -0.2) is 37.1 Å². The number of amides is 1. The van der Waals surface area contributed by atoms with Gasteiger partial charge in [0, 0.05) is 26.1 Å². The highest BCUT2D eigenvalue weighted by molar-refractivity contribution is 5.77. The summed E-state index contributed by atoms with van der Waals surface area (Å²) in [5, 5.41) is 8.66. The van der Waals surface area contributed by atoms with E-state index in [9.17, 15) is 4.79 Å². The van der Waals surface area contributed by atoms with Gasteiger partial charge in [-0.25, -0.2) is 0 Å². The van der Waals surface area contributed by atoms with Crippen molar-refractivity contribution >= 4 is 5.91 Å². The number of nitrogens with zero attached hydrogens (tertiary/aromatic N) is 2. The summed E-state index contributed by atoms with van der Waals surface area (Å²) in [7, 11) is 0. The van der Waals surface area contributed by atoms with E-state index in [0.29, 0.717) is 32.7 Å². The van der Waals surface area contributed by atoms with Gasteiger partial charge in [-0.2, -0.15) is 5.26 Å². The zero-order chi connectivity index (χ0) is 10.4. The highest BCUT2D eigenvalue weighted by atomic mass is 16.5. The van der Waals surface area contributed by atoms with E-state index in [1.54, 1.807) is 4.90 Å². The quantitative estimate of drug-likeness (QED) is 0.624. The molecule has 14 heavy (non-hydrogen) atoms. The zero-order valence-corrected chi connectivity index (χ0v) is 8.53. The molecule has 0 bridgehead atoms. The Morgan fingerprint density at radius 2 is 2.50 bits per heavy atom. The Bertz CT molecular complexity index is 235. The Kier molecular flexibility index (Phi) is 4.41. The topological polar surface area (TPSA) is 53.3 Å². The van der Waals surface area contributed by atoms with E-state index in [-0.39, 0.29) is 11.8 Å². The van der Waals surface area contributed by atoms with Crippen LogP contribution >= 0.6 is 0 Å². The fraction of sp³-hybridized carbons (Fsp3) is 0.800. The second kappa shape index (κ2) is 5.61. The molecule has 1 aliphatic rings. The summed E-state index contributed by atoms with van der Waals surface area (Å²) in [5.74, 6) is 0.00773. The third-order valence-electron chi connectivity index (χ3n) is 2.41. The first kappa shape index (κ1) is 11.0. The number of likely N-dealkylation sites (tertiary alicyclic amines) is 1. The minimum Gasteiger partial charge on any atom is -0.380 e. The van der Waals surface area contributed by atoms with Crippen molar-refractivity contribution in [2.24, 2.45) is 5.92 Å². The van der Waals surface area contributed by atoms with E-state index < -0.39 is 0 Å². The van der Waals surface area contributed by atoms with Crippen LogP contribution in [0.5, 0.6) is 0 Å². The molecular weight excluding hydrogens is 180 g/mol.